The maximum atomic E-state index is 5.04. The van der Waals surface area contributed by atoms with Gasteiger partial charge in [0.05, 0.1) is 6.61 Å². The van der Waals surface area contributed by atoms with Crippen LogP contribution in [0.3, 0.4) is 0 Å². The normalized spacial score (nSPS) is 13.3. The lowest BCUT2D eigenvalue weighted by molar-refractivity contribution is 0.160. The molecule has 16 heavy (non-hydrogen) atoms. The van der Waals surface area contributed by atoms with E-state index in [0.29, 0.717) is 6.04 Å². The summed E-state index contributed by atoms with van der Waals surface area (Å²) in [7, 11) is 3.91. The predicted octanol–water partition coefficient (Wildman–Crippen LogP) is 2.12. The van der Waals surface area contributed by atoms with Gasteiger partial charge in [-0.3, -0.25) is 0 Å². The zero-order valence-electron chi connectivity index (χ0n) is 11.6. The van der Waals surface area contributed by atoms with E-state index in [1.807, 2.05) is 0 Å². The molecule has 0 bridgehead atoms. The Kier molecular flexibility index (Phi) is 11.3. The van der Waals surface area contributed by atoms with Gasteiger partial charge in [0.25, 0.3) is 0 Å². The van der Waals surface area contributed by atoms with Crippen LogP contribution in [0.25, 0.3) is 0 Å². The van der Waals surface area contributed by atoms with Crippen LogP contribution in [-0.2, 0) is 4.74 Å². The van der Waals surface area contributed by atoms with Crippen LogP contribution in [0.5, 0.6) is 0 Å². The summed E-state index contributed by atoms with van der Waals surface area (Å²) >= 11 is 0. The van der Waals surface area contributed by atoms with Crippen LogP contribution in [0.4, 0.5) is 0 Å². The highest BCUT2D eigenvalue weighted by atomic mass is 16.5. The van der Waals surface area contributed by atoms with Gasteiger partial charge in [-0.1, -0.05) is 19.8 Å². The zero-order chi connectivity index (χ0) is 12.2. The second-order valence-corrected chi connectivity index (χ2v) is 4.65. The summed E-state index contributed by atoms with van der Waals surface area (Å²) in [6, 6.07) is 0.671. The molecule has 1 N–H and O–H groups in total. The van der Waals surface area contributed by atoms with E-state index in [-0.39, 0.29) is 0 Å². The monoisotopic (exact) mass is 230 g/mol. The molecule has 0 amide bonds. The molecule has 3 heteroatoms. The third-order valence-electron chi connectivity index (χ3n) is 2.88. The number of rotatable bonds is 11. The van der Waals surface area contributed by atoms with Crippen LogP contribution >= 0.6 is 0 Å². The summed E-state index contributed by atoms with van der Waals surface area (Å²) < 4.78 is 5.04. The molecule has 0 radical (unpaired) electrons. The van der Waals surface area contributed by atoms with Gasteiger partial charge in [0.15, 0.2) is 0 Å². The van der Waals surface area contributed by atoms with Crippen molar-refractivity contribution in [3.8, 4) is 0 Å². The number of ether oxygens (including phenoxy) is 1. The number of hydrogen-bond acceptors (Lipinski definition) is 3. The van der Waals surface area contributed by atoms with Gasteiger partial charge < -0.3 is 15.0 Å². The molecule has 98 valence electrons. The first-order valence-corrected chi connectivity index (χ1v) is 6.61. The number of nitrogens with zero attached hydrogens (tertiary/aromatic N) is 1. The number of unbranched alkanes of at least 4 members (excludes halogenated alkanes) is 1. The van der Waals surface area contributed by atoms with Crippen molar-refractivity contribution in [3.63, 3.8) is 0 Å². The molecule has 0 aromatic heterocycles. The molecule has 0 fully saturated rings. The Balaban J connectivity index is 3.24. The van der Waals surface area contributed by atoms with Gasteiger partial charge in [-0.25, -0.2) is 0 Å². The minimum atomic E-state index is 0.671. The molecular formula is C13H30N2O. The lowest BCUT2D eigenvalue weighted by Gasteiger charge is -2.17. The van der Waals surface area contributed by atoms with Crippen molar-refractivity contribution < 1.29 is 4.74 Å². The Morgan fingerprint density at radius 3 is 2.62 bits per heavy atom. The molecular weight excluding hydrogens is 200 g/mol. The summed E-state index contributed by atoms with van der Waals surface area (Å²) in [6.07, 6.45) is 5.15. The maximum absolute atomic E-state index is 5.04. The quantitative estimate of drug-likeness (QED) is 0.550. The topological polar surface area (TPSA) is 24.5 Å². The second kappa shape index (κ2) is 11.4. The molecule has 0 aromatic rings. The van der Waals surface area contributed by atoms with E-state index >= 15 is 0 Å². The highest BCUT2D eigenvalue weighted by Crippen LogP contribution is 1.99. The third kappa shape index (κ3) is 10.4. The van der Waals surface area contributed by atoms with Crippen LogP contribution in [0.15, 0.2) is 0 Å². The first kappa shape index (κ1) is 15.9. The van der Waals surface area contributed by atoms with Crippen LogP contribution in [0.1, 0.15) is 39.5 Å². The minimum Gasteiger partial charge on any atom is -0.383 e. The fraction of sp³-hybridized carbons (Fsp3) is 1.00. The van der Waals surface area contributed by atoms with E-state index in [4.69, 9.17) is 4.74 Å². The van der Waals surface area contributed by atoms with Gasteiger partial charge in [-0.05, 0) is 39.9 Å². The summed E-state index contributed by atoms with van der Waals surface area (Å²) in [5, 5.41) is 3.57. The van der Waals surface area contributed by atoms with Gasteiger partial charge in [-0.2, -0.15) is 0 Å². The highest BCUT2D eigenvalue weighted by molar-refractivity contribution is 4.61. The lowest BCUT2D eigenvalue weighted by atomic mass is 10.1. The molecule has 0 heterocycles. The Morgan fingerprint density at radius 2 is 2.00 bits per heavy atom. The molecule has 0 saturated heterocycles. The molecule has 0 spiro atoms. The van der Waals surface area contributed by atoms with Gasteiger partial charge in [0, 0.05) is 19.7 Å². The SMILES string of the molecule is CCCCC(C)NCCCN(C)CCOC. The molecule has 0 aliphatic heterocycles. The van der Waals surface area contributed by atoms with E-state index in [1.165, 1.54) is 25.7 Å². The van der Waals surface area contributed by atoms with Gasteiger partial charge in [0.1, 0.15) is 0 Å². The lowest BCUT2D eigenvalue weighted by Crippen LogP contribution is -2.30. The number of nitrogens with one attached hydrogen (secondary N) is 1. The fourth-order valence-corrected chi connectivity index (χ4v) is 1.67. The Hall–Kier alpha value is -0.120. The van der Waals surface area contributed by atoms with Crippen LogP contribution in [-0.4, -0.2) is 51.3 Å². The van der Waals surface area contributed by atoms with Crippen molar-refractivity contribution in [1.82, 2.24) is 10.2 Å². The van der Waals surface area contributed by atoms with E-state index < -0.39 is 0 Å². The maximum Gasteiger partial charge on any atom is 0.0589 e. The Morgan fingerprint density at radius 1 is 1.25 bits per heavy atom. The second-order valence-electron chi connectivity index (χ2n) is 4.65. The standard InChI is InChI=1S/C13H30N2O/c1-5-6-8-13(2)14-9-7-10-15(3)11-12-16-4/h13-14H,5-12H2,1-4H3. The highest BCUT2D eigenvalue weighted by Gasteiger charge is 2.01. The summed E-state index contributed by atoms with van der Waals surface area (Å²) in [5.74, 6) is 0. The summed E-state index contributed by atoms with van der Waals surface area (Å²) in [5.41, 5.74) is 0. The van der Waals surface area contributed by atoms with Crippen molar-refractivity contribution in [2.24, 2.45) is 0 Å². The molecule has 0 aromatic carbocycles. The number of hydrogen-bond donors (Lipinski definition) is 1. The van der Waals surface area contributed by atoms with Gasteiger partial charge >= 0.3 is 0 Å². The predicted molar refractivity (Wildman–Crippen MR) is 71.0 cm³/mol. The molecule has 1 unspecified atom stereocenters. The third-order valence-corrected chi connectivity index (χ3v) is 2.88. The molecule has 0 aliphatic carbocycles. The molecule has 0 aliphatic rings. The summed E-state index contributed by atoms with van der Waals surface area (Å²) in [6.45, 7) is 8.67. The van der Waals surface area contributed by atoms with Crippen molar-refractivity contribution in [2.45, 2.75) is 45.6 Å². The van der Waals surface area contributed by atoms with Crippen molar-refractivity contribution in [1.29, 1.82) is 0 Å². The largest absolute Gasteiger partial charge is 0.383 e. The van der Waals surface area contributed by atoms with Crippen molar-refractivity contribution in [2.75, 3.05) is 40.4 Å². The molecule has 3 nitrogen and oxygen atoms in total. The number of methoxy groups -OCH3 is 1. The Bertz CT molecular complexity index is 126. The van der Waals surface area contributed by atoms with Crippen LogP contribution in [0.2, 0.25) is 0 Å². The molecule has 1 atom stereocenters. The minimum absolute atomic E-state index is 0.671. The van der Waals surface area contributed by atoms with Crippen LogP contribution in [0, 0.1) is 0 Å². The van der Waals surface area contributed by atoms with E-state index in [9.17, 15) is 0 Å². The molecule has 0 saturated carbocycles. The average molecular weight is 230 g/mol. The average Bonchev–Trinajstić information content (AvgIpc) is 2.29. The summed E-state index contributed by atoms with van der Waals surface area (Å²) in [4.78, 5) is 2.32. The first-order valence-electron chi connectivity index (χ1n) is 6.61. The number of likely N-dealkylation sites (N-methyl/N-ethyl adjacent to an activating group) is 1. The Labute approximate surface area is 102 Å². The van der Waals surface area contributed by atoms with Crippen molar-refractivity contribution in [3.05, 3.63) is 0 Å². The van der Waals surface area contributed by atoms with E-state index in [1.54, 1.807) is 7.11 Å². The van der Waals surface area contributed by atoms with Crippen molar-refractivity contribution >= 4 is 0 Å². The van der Waals surface area contributed by atoms with E-state index in [2.05, 4.69) is 31.1 Å². The van der Waals surface area contributed by atoms with E-state index in [0.717, 1.165) is 26.2 Å². The molecule has 0 rings (SSSR count). The van der Waals surface area contributed by atoms with Gasteiger partial charge in [0.2, 0.25) is 0 Å². The van der Waals surface area contributed by atoms with Crippen LogP contribution < -0.4 is 5.32 Å². The zero-order valence-corrected chi connectivity index (χ0v) is 11.6. The first-order chi connectivity index (χ1) is 7.70. The smallest absolute Gasteiger partial charge is 0.0589 e. The van der Waals surface area contributed by atoms with Gasteiger partial charge in [-0.15, -0.1) is 0 Å². The fourth-order valence-electron chi connectivity index (χ4n) is 1.67.